The predicted molar refractivity (Wildman–Crippen MR) is 111 cm³/mol. The standard InChI is InChI=1S/C23H34N2O2/c1-18(2)20-6-8-21(9-7-20)23-16-22(17-24-11-14-27-15-12-24)19(3)25(23)10-5-13-26-4/h6-9,16,18H,5,10-15,17H2,1-4H3. The predicted octanol–water partition coefficient (Wildman–Crippen LogP) is 4.46. The summed E-state index contributed by atoms with van der Waals surface area (Å²) < 4.78 is 13.3. The van der Waals surface area contributed by atoms with Gasteiger partial charge in [0.15, 0.2) is 0 Å². The third-order valence-corrected chi connectivity index (χ3v) is 5.57. The highest BCUT2D eigenvalue weighted by atomic mass is 16.5. The molecule has 1 aromatic carbocycles. The molecule has 27 heavy (non-hydrogen) atoms. The van der Waals surface area contributed by atoms with Crippen LogP contribution in [-0.4, -0.2) is 49.5 Å². The fourth-order valence-electron chi connectivity index (χ4n) is 3.79. The Labute approximate surface area is 164 Å². The highest BCUT2D eigenvalue weighted by Crippen LogP contribution is 2.29. The summed E-state index contributed by atoms with van der Waals surface area (Å²) in [5.74, 6) is 0.561. The second-order valence-corrected chi connectivity index (χ2v) is 7.80. The van der Waals surface area contributed by atoms with Crippen molar-refractivity contribution in [1.82, 2.24) is 9.47 Å². The number of hydrogen-bond donors (Lipinski definition) is 0. The average molecular weight is 371 g/mol. The molecule has 4 nitrogen and oxygen atoms in total. The molecule has 2 aromatic rings. The Morgan fingerprint density at radius 2 is 1.81 bits per heavy atom. The van der Waals surface area contributed by atoms with Crippen LogP contribution in [0.1, 0.15) is 43.0 Å². The van der Waals surface area contributed by atoms with Crippen LogP contribution in [0.3, 0.4) is 0 Å². The molecule has 3 rings (SSSR count). The van der Waals surface area contributed by atoms with Crippen LogP contribution in [0, 0.1) is 6.92 Å². The van der Waals surface area contributed by atoms with E-state index in [2.05, 4.69) is 60.6 Å². The summed E-state index contributed by atoms with van der Waals surface area (Å²) in [4.78, 5) is 2.50. The van der Waals surface area contributed by atoms with E-state index in [4.69, 9.17) is 9.47 Å². The quantitative estimate of drug-likeness (QED) is 0.642. The van der Waals surface area contributed by atoms with Gasteiger partial charge >= 0.3 is 0 Å². The summed E-state index contributed by atoms with van der Waals surface area (Å²) in [5.41, 5.74) is 6.81. The topological polar surface area (TPSA) is 26.6 Å². The Hall–Kier alpha value is -1.62. The molecule has 4 heteroatoms. The monoisotopic (exact) mass is 370 g/mol. The zero-order valence-corrected chi connectivity index (χ0v) is 17.3. The third-order valence-electron chi connectivity index (χ3n) is 5.57. The number of morpholine rings is 1. The van der Waals surface area contributed by atoms with Gasteiger partial charge in [0.2, 0.25) is 0 Å². The summed E-state index contributed by atoms with van der Waals surface area (Å²) in [6, 6.07) is 11.5. The van der Waals surface area contributed by atoms with Gasteiger partial charge in [0.05, 0.1) is 13.2 Å². The zero-order chi connectivity index (χ0) is 19.2. The molecule has 0 unspecified atom stereocenters. The van der Waals surface area contributed by atoms with Crippen molar-refractivity contribution in [2.45, 2.75) is 46.2 Å². The molecular formula is C23H34N2O2. The first-order chi connectivity index (χ1) is 13.1. The van der Waals surface area contributed by atoms with Gasteiger partial charge < -0.3 is 14.0 Å². The largest absolute Gasteiger partial charge is 0.385 e. The molecular weight excluding hydrogens is 336 g/mol. The van der Waals surface area contributed by atoms with E-state index in [-0.39, 0.29) is 0 Å². The molecule has 0 amide bonds. The third kappa shape index (κ3) is 5.01. The number of ether oxygens (including phenoxy) is 2. The zero-order valence-electron chi connectivity index (χ0n) is 17.3. The highest BCUT2D eigenvalue weighted by Gasteiger charge is 2.17. The lowest BCUT2D eigenvalue weighted by molar-refractivity contribution is 0.0341. The molecule has 0 aliphatic carbocycles. The number of nitrogens with zero attached hydrogens (tertiary/aromatic N) is 2. The number of benzene rings is 1. The van der Waals surface area contributed by atoms with E-state index >= 15 is 0 Å². The van der Waals surface area contributed by atoms with Crippen LogP contribution < -0.4 is 0 Å². The van der Waals surface area contributed by atoms with Gasteiger partial charge in [-0.2, -0.15) is 0 Å². The van der Waals surface area contributed by atoms with Crippen LogP contribution >= 0.6 is 0 Å². The number of rotatable bonds is 8. The van der Waals surface area contributed by atoms with Crippen LogP contribution in [0.4, 0.5) is 0 Å². The summed E-state index contributed by atoms with van der Waals surface area (Å²) >= 11 is 0. The summed E-state index contributed by atoms with van der Waals surface area (Å²) in [6.07, 6.45) is 1.03. The maximum Gasteiger partial charge on any atom is 0.0594 e. The van der Waals surface area contributed by atoms with Crippen LogP contribution in [0.15, 0.2) is 30.3 Å². The van der Waals surface area contributed by atoms with E-state index in [0.717, 1.165) is 52.4 Å². The van der Waals surface area contributed by atoms with Gasteiger partial charge in [-0.25, -0.2) is 0 Å². The van der Waals surface area contributed by atoms with Gasteiger partial charge in [0.25, 0.3) is 0 Å². The first-order valence-corrected chi connectivity index (χ1v) is 10.2. The Balaban J connectivity index is 1.88. The molecule has 2 heterocycles. The van der Waals surface area contributed by atoms with Gasteiger partial charge in [-0.3, -0.25) is 4.90 Å². The van der Waals surface area contributed by atoms with Crippen molar-refractivity contribution in [3.63, 3.8) is 0 Å². The van der Waals surface area contributed by atoms with Crippen molar-refractivity contribution < 1.29 is 9.47 Å². The van der Waals surface area contributed by atoms with Gasteiger partial charge in [0, 0.05) is 51.3 Å². The molecule has 0 atom stereocenters. The minimum absolute atomic E-state index is 0.561. The maximum absolute atomic E-state index is 5.50. The molecule has 148 valence electrons. The number of aromatic nitrogens is 1. The van der Waals surface area contributed by atoms with Crippen LogP contribution in [-0.2, 0) is 22.6 Å². The SMILES string of the molecule is COCCCn1c(-c2ccc(C(C)C)cc2)cc(CN2CCOCC2)c1C. The summed E-state index contributed by atoms with van der Waals surface area (Å²) in [6.45, 7) is 13.3. The number of methoxy groups -OCH3 is 1. The van der Waals surface area contributed by atoms with E-state index in [9.17, 15) is 0 Å². The summed E-state index contributed by atoms with van der Waals surface area (Å²) in [5, 5.41) is 0. The molecule has 0 radical (unpaired) electrons. The van der Waals surface area contributed by atoms with Gasteiger partial charge in [-0.15, -0.1) is 0 Å². The minimum Gasteiger partial charge on any atom is -0.385 e. The molecule has 0 saturated carbocycles. The van der Waals surface area contributed by atoms with Gasteiger partial charge in [-0.1, -0.05) is 38.1 Å². The van der Waals surface area contributed by atoms with Crippen LogP contribution in [0.2, 0.25) is 0 Å². The molecule has 1 aliphatic rings. The van der Waals surface area contributed by atoms with E-state index in [0.29, 0.717) is 5.92 Å². The van der Waals surface area contributed by atoms with E-state index in [1.165, 1.54) is 28.1 Å². The van der Waals surface area contributed by atoms with Crippen LogP contribution in [0.25, 0.3) is 11.3 Å². The Kier molecular flexibility index (Phi) is 7.11. The van der Waals surface area contributed by atoms with Crippen molar-refractivity contribution in [3.05, 3.63) is 47.2 Å². The molecule has 0 spiro atoms. The molecule has 1 aliphatic heterocycles. The molecule has 0 bridgehead atoms. The van der Waals surface area contributed by atoms with Crippen molar-refractivity contribution in [2.75, 3.05) is 40.0 Å². The van der Waals surface area contributed by atoms with E-state index in [1.807, 2.05) is 0 Å². The molecule has 1 aromatic heterocycles. The smallest absolute Gasteiger partial charge is 0.0594 e. The molecule has 1 fully saturated rings. The maximum atomic E-state index is 5.50. The summed E-state index contributed by atoms with van der Waals surface area (Å²) in [7, 11) is 1.78. The van der Waals surface area contributed by atoms with Gasteiger partial charge in [-0.05, 0) is 42.0 Å². The normalized spacial score (nSPS) is 15.6. The first-order valence-electron chi connectivity index (χ1n) is 10.2. The fourth-order valence-corrected chi connectivity index (χ4v) is 3.79. The lowest BCUT2D eigenvalue weighted by Gasteiger charge is -2.26. The second-order valence-electron chi connectivity index (χ2n) is 7.80. The fraction of sp³-hybridized carbons (Fsp3) is 0.565. The lowest BCUT2D eigenvalue weighted by Crippen LogP contribution is -2.35. The number of hydrogen-bond acceptors (Lipinski definition) is 3. The lowest BCUT2D eigenvalue weighted by atomic mass is 10.0. The Morgan fingerprint density at radius 1 is 1.11 bits per heavy atom. The average Bonchev–Trinajstić information content (AvgIpc) is 2.99. The van der Waals surface area contributed by atoms with Crippen molar-refractivity contribution >= 4 is 0 Å². The first kappa shape index (κ1) is 20.1. The van der Waals surface area contributed by atoms with E-state index < -0.39 is 0 Å². The second kappa shape index (κ2) is 9.54. The van der Waals surface area contributed by atoms with Crippen molar-refractivity contribution in [3.8, 4) is 11.3 Å². The van der Waals surface area contributed by atoms with Crippen molar-refractivity contribution in [2.24, 2.45) is 0 Å². The Morgan fingerprint density at radius 3 is 2.44 bits per heavy atom. The molecule has 0 N–H and O–H groups in total. The van der Waals surface area contributed by atoms with Gasteiger partial charge in [0.1, 0.15) is 0 Å². The highest BCUT2D eigenvalue weighted by molar-refractivity contribution is 5.63. The van der Waals surface area contributed by atoms with Crippen LogP contribution in [0.5, 0.6) is 0 Å². The van der Waals surface area contributed by atoms with E-state index in [1.54, 1.807) is 7.11 Å². The van der Waals surface area contributed by atoms with Crippen molar-refractivity contribution in [1.29, 1.82) is 0 Å². The molecule has 1 saturated heterocycles. The minimum atomic E-state index is 0.561. The Bertz CT molecular complexity index is 713.